The van der Waals surface area contributed by atoms with E-state index in [-0.39, 0.29) is 6.61 Å². The van der Waals surface area contributed by atoms with Crippen molar-refractivity contribution in [3.8, 4) is 0 Å². The van der Waals surface area contributed by atoms with Crippen LogP contribution >= 0.6 is 0 Å². The molecule has 0 aliphatic rings. The molecular formula is C17H28N2O3. The number of hydrogen-bond acceptors (Lipinski definition) is 5. The lowest BCUT2D eigenvalue weighted by molar-refractivity contribution is 0.0296. The van der Waals surface area contributed by atoms with E-state index in [2.05, 4.69) is 31.0 Å². The maximum absolute atomic E-state index is 12.1. The van der Waals surface area contributed by atoms with Crippen LogP contribution in [0, 0.1) is 0 Å². The largest absolute Gasteiger partial charge is 0.459 e. The molecule has 0 heterocycles. The van der Waals surface area contributed by atoms with Gasteiger partial charge in [-0.2, -0.15) is 0 Å². The molecule has 5 nitrogen and oxygen atoms in total. The number of aliphatic hydroxyl groups excluding tert-OH is 1. The van der Waals surface area contributed by atoms with Crippen molar-refractivity contribution >= 4 is 17.3 Å². The molecule has 0 fully saturated rings. The lowest BCUT2D eigenvalue weighted by Gasteiger charge is -2.25. The van der Waals surface area contributed by atoms with E-state index < -0.39 is 12.1 Å². The topological polar surface area (TPSA) is 61.8 Å². The van der Waals surface area contributed by atoms with E-state index in [0.29, 0.717) is 5.56 Å². The van der Waals surface area contributed by atoms with Crippen LogP contribution in [-0.2, 0) is 4.74 Å². The summed E-state index contributed by atoms with van der Waals surface area (Å²) in [7, 11) is 0. The van der Waals surface area contributed by atoms with Gasteiger partial charge in [-0.05, 0) is 45.4 Å². The van der Waals surface area contributed by atoms with E-state index in [4.69, 9.17) is 4.74 Å². The molecule has 0 aromatic heterocycles. The van der Waals surface area contributed by atoms with Crippen LogP contribution in [0.5, 0.6) is 0 Å². The summed E-state index contributed by atoms with van der Waals surface area (Å²) in [6.07, 6.45) is 0.382. The van der Waals surface area contributed by atoms with E-state index in [1.54, 1.807) is 13.0 Å². The Morgan fingerprint density at radius 3 is 2.55 bits per heavy atom. The van der Waals surface area contributed by atoms with E-state index >= 15 is 0 Å². The van der Waals surface area contributed by atoms with Crippen molar-refractivity contribution < 1.29 is 14.6 Å². The highest BCUT2D eigenvalue weighted by Crippen LogP contribution is 2.27. The number of aliphatic hydroxyl groups is 1. The van der Waals surface area contributed by atoms with Crippen LogP contribution in [0.15, 0.2) is 18.2 Å². The Labute approximate surface area is 133 Å². The number of rotatable bonds is 9. The fraction of sp³-hybridized carbons (Fsp3) is 0.588. The summed E-state index contributed by atoms with van der Waals surface area (Å²) in [6, 6.07) is 5.53. The Morgan fingerprint density at radius 1 is 1.32 bits per heavy atom. The molecule has 22 heavy (non-hydrogen) atoms. The Kier molecular flexibility index (Phi) is 7.74. The third-order valence-electron chi connectivity index (χ3n) is 3.36. The number of anilines is 2. The number of carbonyl (C=O) groups excluding carboxylic acids is 1. The van der Waals surface area contributed by atoms with Crippen LogP contribution in [0.1, 0.15) is 44.5 Å². The Morgan fingerprint density at radius 2 is 2.00 bits per heavy atom. The summed E-state index contributed by atoms with van der Waals surface area (Å²) >= 11 is 0. The Bertz CT molecular complexity index is 471. The van der Waals surface area contributed by atoms with Crippen molar-refractivity contribution in [2.24, 2.45) is 0 Å². The molecule has 0 aliphatic carbocycles. The molecule has 1 aromatic carbocycles. The molecule has 5 heteroatoms. The van der Waals surface area contributed by atoms with Gasteiger partial charge < -0.3 is 20.1 Å². The highest BCUT2D eigenvalue weighted by molar-refractivity contribution is 5.92. The fourth-order valence-corrected chi connectivity index (χ4v) is 2.17. The molecule has 2 N–H and O–H groups in total. The Hall–Kier alpha value is -1.75. The van der Waals surface area contributed by atoms with Gasteiger partial charge in [-0.15, -0.1) is 0 Å². The molecule has 0 saturated heterocycles. The van der Waals surface area contributed by atoms with Crippen LogP contribution in [0.3, 0.4) is 0 Å². The van der Waals surface area contributed by atoms with Crippen LogP contribution in [0.4, 0.5) is 11.4 Å². The van der Waals surface area contributed by atoms with E-state index in [1.807, 2.05) is 12.1 Å². The van der Waals surface area contributed by atoms with Gasteiger partial charge in [0.15, 0.2) is 0 Å². The highest BCUT2D eigenvalue weighted by atomic mass is 16.5. The van der Waals surface area contributed by atoms with Gasteiger partial charge in [0.05, 0.1) is 23.0 Å². The molecule has 124 valence electrons. The summed E-state index contributed by atoms with van der Waals surface area (Å²) in [5.41, 5.74) is 2.53. The zero-order valence-corrected chi connectivity index (χ0v) is 14.1. The van der Waals surface area contributed by atoms with Crippen molar-refractivity contribution in [3.05, 3.63) is 23.8 Å². The summed E-state index contributed by atoms with van der Waals surface area (Å²) < 4.78 is 5.08. The predicted molar refractivity (Wildman–Crippen MR) is 90.7 cm³/mol. The first kappa shape index (κ1) is 18.3. The first-order valence-corrected chi connectivity index (χ1v) is 8.01. The van der Waals surface area contributed by atoms with Gasteiger partial charge >= 0.3 is 5.97 Å². The first-order chi connectivity index (χ1) is 10.5. The highest BCUT2D eigenvalue weighted by Gasteiger charge is 2.14. The number of benzene rings is 1. The van der Waals surface area contributed by atoms with Crippen molar-refractivity contribution in [3.63, 3.8) is 0 Å². The minimum Gasteiger partial charge on any atom is -0.459 e. The number of nitrogens with zero attached hydrogens (tertiary/aromatic N) is 1. The summed E-state index contributed by atoms with van der Waals surface area (Å²) in [5.74, 6) is -0.406. The maximum atomic E-state index is 12.1. The Balaban J connectivity index is 3.01. The minimum atomic E-state index is -0.656. The van der Waals surface area contributed by atoms with E-state index in [0.717, 1.165) is 37.4 Å². The van der Waals surface area contributed by atoms with Crippen molar-refractivity contribution in [2.75, 3.05) is 36.5 Å². The SMILES string of the molecule is CCCNc1ccc(C(=O)OCC(C)O)cc1N(CC)CC. The predicted octanol–water partition coefficient (Wildman–Crippen LogP) is 2.89. The number of nitrogens with one attached hydrogen (secondary N) is 1. The molecule has 1 aromatic rings. The summed E-state index contributed by atoms with van der Waals surface area (Å²) in [6.45, 7) is 10.5. The van der Waals surface area contributed by atoms with Gasteiger partial charge in [-0.25, -0.2) is 4.79 Å². The molecule has 0 amide bonds. The minimum absolute atomic E-state index is 0.00920. The normalized spacial score (nSPS) is 11.9. The quantitative estimate of drug-likeness (QED) is 0.687. The third-order valence-corrected chi connectivity index (χ3v) is 3.36. The molecule has 0 spiro atoms. The molecule has 1 atom stereocenters. The third kappa shape index (κ3) is 5.22. The van der Waals surface area contributed by atoms with Crippen LogP contribution in [-0.4, -0.2) is 43.4 Å². The number of ether oxygens (including phenoxy) is 1. The fourth-order valence-electron chi connectivity index (χ4n) is 2.17. The monoisotopic (exact) mass is 308 g/mol. The standard InChI is InChI=1S/C17H28N2O3/c1-5-10-18-15-9-8-14(17(21)22-12-13(4)20)11-16(15)19(6-2)7-3/h8-9,11,13,18,20H,5-7,10,12H2,1-4H3. The van der Waals surface area contributed by atoms with Gasteiger partial charge in [0.25, 0.3) is 0 Å². The van der Waals surface area contributed by atoms with Crippen LogP contribution in [0.25, 0.3) is 0 Å². The summed E-state index contributed by atoms with van der Waals surface area (Å²) in [5, 5.41) is 12.6. The average Bonchev–Trinajstić information content (AvgIpc) is 2.52. The van der Waals surface area contributed by atoms with Crippen molar-refractivity contribution in [1.29, 1.82) is 0 Å². The molecule has 1 rings (SSSR count). The smallest absolute Gasteiger partial charge is 0.338 e. The second kappa shape index (κ2) is 9.30. The molecule has 0 aliphatic heterocycles. The van der Waals surface area contributed by atoms with Gasteiger partial charge in [0.2, 0.25) is 0 Å². The van der Waals surface area contributed by atoms with Crippen molar-refractivity contribution in [2.45, 2.75) is 40.2 Å². The molecule has 0 bridgehead atoms. The second-order valence-corrected chi connectivity index (χ2v) is 5.28. The second-order valence-electron chi connectivity index (χ2n) is 5.28. The first-order valence-electron chi connectivity index (χ1n) is 8.01. The molecular weight excluding hydrogens is 280 g/mol. The average molecular weight is 308 g/mol. The number of carbonyl (C=O) groups is 1. The molecule has 0 radical (unpaired) electrons. The maximum Gasteiger partial charge on any atom is 0.338 e. The van der Waals surface area contributed by atoms with Crippen molar-refractivity contribution in [1.82, 2.24) is 0 Å². The van der Waals surface area contributed by atoms with E-state index in [1.165, 1.54) is 0 Å². The summed E-state index contributed by atoms with van der Waals surface area (Å²) in [4.78, 5) is 14.3. The molecule has 1 unspecified atom stereocenters. The number of esters is 1. The van der Waals surface area contributed by atoms with Crippen LogP contribution < -0.4 is 10.2 Å². The zero-order valence-electron chi connectivity index (χ0n) is 14.1. The van der Waals surface area contributed by atoms with Crippen LogP contribution in [0.2, 0.25) is 0 Å². The zero-order chi connectivity index (χ0) is 16.5. The van der Waals surface area contributed by atoms with Gasteiger partial charge in [0, 0.05) is 19.6 Å². The van der Waals surface area contributed by atoms with Gasteiger partial charge in [-0.1, -0.05) is 6.92 Å². The van der Waals surface area contributed by atoms with Gasteiger partial charge in [0.1, 0.15) is 6.61 Å². The molecule has 0 saturated carbocycles. The lowest BCUT2D eigenvalue weighted by Crippen LogP contribution is -2.24. The number of hydrogen-bond donors (Lipinski definition) is 2. The lowest BCUT2D eigenvalue weighted by atomic mass is 10.1. The van der Waals surface area contributed by atoms with E-state index in [9.17, 15) is 9.90 Å². The van der Waals surface area contributed by atoms with Gasteiger partial charge in [-0.3, -0.25) is 0 Å².